The molecule has 1 N–H and O–H groups in total. The lowest BCUT2D eigenvalue weighted by atomic mass is 9.77. The quantitative estimate of drug-likeness (QED) is 0.903. The lowest BCUT2D eigenvalue weighted by molar-refractivity contribution is -0.139. The maximum atomic E-state index is 11.3. The van der Waals surface area contributed by atoms with Crippen LogP contribution in [0.3, 0.4) is 0 Å². The van der Waals surface area contributed by atoms with Crippen LogP contribution in [0.25, 0.3) is 0 Å². The first-order valence-corrected chi connectivity index (χ1v) is 8.39. The molecule has 126 valence electrons. The van der Waals surface area contributed by atoms with Crippen LogP contribution in [0.2, 0.25) is 0 Å². The van der Waals surface area contributed by atoms with Crippen molar-refractivity contribution in [3.05, 3.63) is 23.8 Å². The largest absolute Gasteiger partial charge is 0.480 e. The van der Waals surface area contributed by atoms with Crippen LogP contribution in [-0.2, 0) is 11.3 Å². The highest BCUT2D eigenvalue weighted by atomic mass is 16.7. The van der Waals surface area contributed by atoms with Crippen LogP contribution in [-0.4, -0.2) is 35.4 Å². The zero-order valence-corrected chi connectivity index (χ0v) is 13.8. The second-order valence-corrected chi connectivity index (χ2v) is 6.82. The van der Waals surface area contributed by atoms with Crippen molar-refractivity contribution in [3.63, 3.8) is 0 Å². The third-order valence-corrected chi connectivity index (χ3v) is 5.29. The van der Waals surface area contributed by atoms with Crippen molar-refractivity contribution in [1.82, 2.24) is 4.90 Å². The number of hydrogen-bond donors (Lipinski definition) is 1. The second-order valence-electron chi connectivity index (χ2n) is 6.82. The van der Waals surface area contributed by atoms with E-state index in [2.05, 4.69) is 18.7 Å². The number of aliphatic carboxylic acids is 1. The Bertz CT molecular complexity index is 574. The van der Waals surface area contributed by atoms with Crippen LogP contribution < -0.4 is 9.47 Å². The Morgan fingerprint density at radius 2 is 2.04 bits per heavy atom. The highest BCUT2D eigenvalue weighted by Crippen LogP contribution is 2.35. The lowest BCUT2D eigenvalue weighted by Gasteiger charge is -2.41. The SMILES string of the molecule is CC1CCCC(N(CC(=O)O)Cc2ccc3c(c2)OCO3)C1C. The van der Waals surface area contributed by atoms with Crippen LogP contribution in [0.4, 0.5) is 0 Å². The third-order valence-electron chi connectivity index (χ3n) is 5.29. The summed E-state index contributed by atoms with van der Waals surface area (Å²) in [5.41, 5.74) is 1.07. The predicted octanol–water partition coefficient (Wildman–Crippen LogP) is 3.13. The minimum atomic E-state index is -0.767. The number of carbonyl (C=O) groups is 1. The van der Waals surface area contributed by atoms with E-state index in [0.29, 0.717) is 24.4 Å². The van der Waals surface area contributed by atoms with Crippen molar-refractivity contribution in [2.75, 3.05) is 13.3 Å². The molecule has 23 heavy (non-hydrogen) atoms. The summed E-state index contributed by atoms with van der Waals surface area (Å²) < 4.78 is 10.8. The number of hydrogen-bond acceptors (Lipinski definition) is 4. The molecule has 1 aromatic carbocycles. The van der Waals surface area contributed by atoms with Gasteiger partial charge in [0.05, 0.1) is 6.54 Å². The Hall–Kier alpha value is -1.75. The van der Waals surface area contributed by atoms with E-state index < -0.39 is 5.97 Å². The highest BCUT2D eigenvalue weighted by Gasteiger charge is 2.32. The third kappa shape index (κ3) is 3.61. The van der Waals surface area contributed by atoms with Gasteiger partial charge < -0.3 is 14.6 Å². The summed E-state index contributed by atoms with van der Waals surface area (Å²) in [6, 6.07) is 6.19. The van der Waals surface area contributed by atoms with E-state index in [-0.39, 0.29) is 13.3 Å². The zero-order valence-electron chi connectivity index (χ0n) is 13.8. The van der Waals surface area contributed by atoms with E-state index in [1.807, 2.05) is 18.2 Å². The predicted molar refractivity (Wildman–Crippen MR) is 86.6 cm³/mol. The lowest BCUT2D eigenvalue weighted by Crippen LogP contribution is -2.45. The van der Waals surface area contributed by atoms with Crippen LogP contribution >= 0.6 is 0 Å². The van der Waals surface area contributed by atoms with Gasteiger partial charge in [0.25, 0.3) is 0 Å². The molecule has 0 spiro atoms. The van der Waals surface area contributed by atoms with Crippen LogP contribution in [0.15, 0.2) is 18.2 Å². The average Bonchev–Trinajstić information content (AvgIpc) is 2.96. The van der Waals surface area contributed by atoms with Crippen molar-refractivity contribution in [3.8, 4) is 11.5 Å². The molecular weight excluding hydrogens is 294 g/mol. The fourth-order valence-electron chi connectivity index (χ4n) is 3.81. The molecule has 0 aromatic heterocycles. The molecule has 1 heterocycles. The molecule has 1 saturated carbocycles. The average molecular weight is 319 g/mol. The molecule has 1 aliphatic carbocycles. The summed E-state index contributed by atoms with van der Waals surface area (Å²) in [4.78, 5) is 13.4. The molecule has 5 nitrogen and oxygen atoms in total. The topological polar surface area (TPSA) is 59.0 Å². The van der Waals surface area contributed by atoms with Crippen molar-refractivity contribution in [2.45, 2.75) is 45.7 Å². The summed E-state index contributed by atoms with van der Waals surface area (Å²) in [5.74, 6) is 1.90. The van der Waals surface area contributed by atoms with Crippen LogP contribution in [0, 0.1) is 11.8 Å². The van der Waals surface area contributed by atoms with Crippen LogP contribution in [0.1, 0.15) is 38.7 Å². The molecule has 0 saturated heterocycles. The maximum Gasteiger partial charge on any atom is 0.317 e. The van der Waals surface area contributed by atoms with Gasteiger partial charge in [-0.15, -0.1) is 0 Å². The summed E-state index contributed by atoms with van der Waals surface area (Å²) in [7, 11) is 0. The fraction of sp³-hybridized carbons (Fsp3) is 0.611. The Morgan fingerprint density at radius 3 is 2.83 bits per heavy atom. The monoisotopic (exact) mass is 319 g/mol. The molecule has 0 amide bonds. The molecule has 0 bridgehead atoms. The molecule has 1 fully saturated rings. The second kappa shape index (κ2) is 6.79. The molecule has 5 heteroatoms. The van der Waals surface area contributed by atoms with Gasteiger partial charge in [0.1, 0.15) is 0 Å². The van der Waals surface area contributed by atoms with Gasteiger partial charge in [-0.2, -0.15) is 0 Å². The van der Waals surface area contributed by atoms with Gasteiger partial charge >= 0.3 is 5.97 Å². The summed E-state index contributed by atoms with van der Waals surface area (Å²) in [5, 5.41) is 9.31. The van der Waals surface area contributed by atoms with Crippen LogP contribution in [0.5, 0.6) is 11.5 Å². The first-order valence-electron chi connectivity index (χ1n) is 8.39. The van der Waals surface area contributed by atoms with E-state index in [4.69, 9.17) is 9.47 Å². The molecule has 3 unspecified atom stereocenters. The Kier molecular flexibility index (Phi) is 4.76. The number of carboxylic acid groups (broad SMARTS) is 1. The van der Waals surface area contributed by atoms with E-state index in [9.17, 15) is 9.90 Å². The van der Waals surface area contributed by atoms with Crippen molar-refractivity contribution >= 4 is 5.97 Å². The molecule has 2 aliphatic rings. The standard InChI is InChI=1S/C18H25NO4/c1-12-4-3-5-15(13(12)2)19(10-18(20)21)9-14-6-7-16-17(8-14)23-11-22-16/h6-8,12-13,15H,3-5,9-11H2,1-2H3,(H,20,21). The molecular formula is C18H25NO4. The van der Waals surface area contributed by atoms with Gasteiger partial charge in [-0.1, -0.05) is 32.8 Å². The van der Waals surface area contributed by atoms with Crippen molar-refractivity contribution in [1.29, 1.82) is 0 Å². The normalized spacial score (nSPS) is 26.5. The fourth-order valence-corrected chi connectivity index (χ4v) is 3.81. The molecule has 3 rings (SSSR count). The molecule has 1 aromatic rings. The van der Waals surface area contributed by atoms with Gasteiger partial charge in [-0.25, -0.2) is 0 Å². The van der Waals surface area contributed by atoms with Crippen molar-refractivity contribution < 1.29 is 19.4 Å². The minimum absolute atomic E-state index is 0.0795. The van der Waals surface area contributed by atoms with Gasteiger partial charge in [-0.3, -0.25) is 9.69 Å². The van der Waals surface area contributed by atoms with Gasteiger partial charge in [0.15, 0.2) is 11.5 Å². The van der Waals surface area contributed by atoms with E-state index in [1.165, 1.54) is 12.8 Å². The number of rotatable bonds is 5. The number of ether oxygens (including phenoxy) is 2. The zero-order chi connectivity index (χ0) is 16.4. The number of benzene rings is 1. The Labute approximate surface area is 137 Å². The van der Waals surface area contributed by atoms with Gasteiger partial charge in [-0.05, 0) is 36.0 Å². The number of nitrogens with zero attached hydrogens (tertiary/aromatic N) is 1. The molecule has 3 atom stereocenters. The maximum absolute atomic E-state index is 11.3. The smallest absolute Gasteiger partial charge is 0.317 e. The Morgan fingerprint density at radius 1 is 1.26 bits per heavy atom. The first kappa shape index (κ1) is 16.1. The summed E-state index contributed by atoms with van der Waals surface area (Å²) >= 11 is 0. The number of carboxylic acids is 1. The highest BCUT2D eigenvalue weighted by molar-refractivity contribution is 5.69. The van der Waals surface area contributed by atoms with E-state index >= 15 is 0 Å². The van der Waals surface area contributed by atoms with Gasteiger partial charge in [0.2, 0.25) is 6.79 Å². The first-order chi connectivity index (χ1) is 11.0. The van der Waals surface area contributed by atoms with Crippen molar-refractivity contribution in [2.24, 2.45) is 11.8 Å². The van der Waals surface area contributed by atoms with E-state index in [0.717, 1.165) is 23.5 Å². The summed E-state index contributed by atoms with van der Waals surface area (Å²) in [6.07, 6.45) is 3.49. The molecule has 0 radical (unpaired) electrons. The van der Waals surface area contributed by atoms with E-state index in [1.54, 1.807) is 0 Å². The van der Waals surface area contributed by atoms with Gasteiger partial charge in [0, 0.05) is 12.6 Å². The molecule has 1 aliphatic heterocycles. The number of fused-ring (bicyclic) bond motifs is 1. The minimum Gasteiger partial charge on any atom is -0.480 e. The Balaban J connectivity index is 1.77. The summed E-state index contributed by atoms with van der Waals surface area (Å²) in [6.45, 7) is 5.50.